The molecule has 3 fully saturated rings. The number of fused-ring (bicyclic) bond motifs is 1. The van der Waals surface area contributed by atoms with Crippen molar-refractivity contribution in [3.63, 3.8) is 0 Å². The molecular formula is C26H40N4O7. The number of alkyl carbamates (subject to hydrolysis) is 1. The third-order valence-corrected chi connectivity index (χ3v) is 7.24. The van der Waals surface area contributed by atoms with Gasteiger partial charge in [0.2, 0.25) is 17.6 Å². The molecule has 11 heteroatoms. The Morgan fingerprint density at radius 3 is 2.27 bits per heavy atom. The Bertz CT molecular complexity index is 930. The van der Waals surface area contributed by atoms with Crippen molar-refractivity contribution < 1.29 is 33.5 Å². The lowest BCUT2D eigenvalue weighted by atomic mass is 9.92. The molecule has 0 aromatic carbocycles. The average molecular weight is 521 g/mol. The van der Waals surface area contributed by atoms with Crippen molar-refractivity contribution in [2.24, 2.45) is 17.8 Å². The molecule has 3 N–H and O–H groups in total. The summed E-state index contributed by atoms with van der Waals surface area (Å²) in [4.78, 5) is 78.7. The highest BCUT2D eigenvalue weighted by Gasteiger charge is 2.54. The Labute approximate surface area is 217 Å². The van der Waals surface area contributed by atoms with Gasteiger partial charge in [0.25, 0.3) is 5.91 Å². The Balaban J connectivity index is 1.80. The van der Waals surface area contributed by atoms with Crippen LogP contribution in [0.3, 0.4) is 0 Å². The maximum Gasteiger partial charge on any atom is 0.408 e. The lowest BCUT2D eigenvalue weighted by Gasteiger charge is -2.32. The highest BCUT2D eigenvalue weighted by atomic mass is 16.6. The zero-order valence-corrected chi connectivity index (χ0v) is 22.4. The summed E-state index contributed by atoms with van der Waals surface area (Å²) in [6.45, 7) is 8.83. The molecule has 0 aromatic rings. The maximum absolute atomic E-state index is 13.7. The minimum absolute atomic E-state index is 0.00336. The molecule has 4 amide bonds. The van der Waals surface area contributed by atoms with Crippen LogP contribution in [0, 0.1) is 17.8 Å². The highest BCUT2D eigenvalue weighted by Crippen LogP contribution is 2.41. The molecule has 1 saturated heterocycles. The molecule has 0 aromatic heterocycles. The van der Waals surface area contributed by atoms with Gasteiger partial charge in [-0.3, -0.25) is 24.0 Å². The van der Waals surface area contributed by atoms with Gasteiger partial charge in [-0.1, -0.05) is 27.2 Å². The van der Waals surface area contributed by atoms with Gasteiger partial charge in [-0.15, -0.1) is 0 Å². The van der Waals surface area contributed by atoms with Crippen LogP contribution in [0.1, 0.15) is 73.1 Å². The fourth-order valence-electron chi connectivity index (χ4n) is 5.19. The molecule has 0 bridgehead atoms. The number of carbonyl (C=O) groups excluding carboxylic acids is 6. The summed E-state index contributed by atoms with van der Waals surface area (Å²) in [5.41, 5.74) is 0. The number of hydrogen-bond donors (Lipinski definition) is 3. The van der Waals surface area contributed by atoms with E-state index < -0.39 is 53.6 Å². The second-order valence-electron chi connectivity index (χ2n) is 11.0. The largest absolute Gasteiger partial charge is 0.447 e. The standard InChI is InChI=1S/C26H40N4O7/c1-6-7-18(22(32)24(34)27-15-8-9-15)28-23(33)21-16-10-11-19(31)17(16)12-30(21)25(35)20(13(2)3)29-26(36)37-14(4)5/h13-18,20-21H,6-12H2,1-5H3,(H,27,34)(H,28,33)(H,29,36)/t16-,17-,18?,20-,21-/m0/s1. The van der Waals surface area contributed by atoms with E-state index in [1.807, 2.05) is 6.92 Å². The predicted molar refractivity (Wildman–Crippen MR) is 133 cm³/mol. The molecule has 1 aliphatic heterocycles. The van der Waals surface area contributed by atoms with Crippen molar-refractivity contribution in [2.45, 2.75) is 103 Å². The molecule has 11 nitrogen and oxygen atoms in total. The van der Waals surface area contributed by atoms with Gasteiger partial charge in [0.1, 0.15) is 17.9 Å². The Kier molecular flexibility index (Phi) is 9.31. The molecule has 5 atom stereocenters. The topological polar surface area (TPSA) is 151 Å². The second-order valence-corrected chi connectivity index (χ2v) is 11.0. The molecular weight excluding hydrogens is 480 g/mol. The van der Waals surface area contributed by atoms with Crippen molar-refractivity contribution in [3.05, 3.63) is 0 Å². The fourth-order valence-corrected chi connectivity index (χ4v) is 5.19. The van der Waals surface area contributed by atoms with Gasteiger partial charge in [-0.2, -0.15) is 0 Å². The fraction of sp³-hybridized carbons (Fsp3) is 0.769. The third-order valence-electron chi connectivity index (χ3n) is 7.24. The normalized spacial score (nSPS) is 24.5. The quantitative estimate of drug-likeness (QED) is 0.345. The first-order valence-electron chi connectivity index (χ1n) is 13.4. The van der Waals surface area contributed by atoms with Crippen molar-refractivity contribution in [3.8, 4) is 0 Å². The summed E-state index contributed by atoms with van der Waals surface area (Å²) in [5.74, 6) is -3.66. The molecule has 1 unspecified atom stereocenters. The summed E-state index contributed by atoms with van der Waals surface area (Å²) >= 11 is 0. The SMILES string of the molecule is CCCC(NC(=O)[C@@H]1[C@H]2CCC(=O)[C@H]2CN1C(=O)[C@@H](NC(=O)OC(C)C)C(C)C)C(=O)C(=O)NC1CC1. The van der Waals surface area contributed by atoms with Gasteiger partial charge in [-0.25, -0.2) is 4.79 Å². The number of nitrogens with one attached hydrogen (secondary N) is 3. The Morgan fingerprint density at radius 1 is 1.03 bits per heavy atom. The molecule has 0 radical (unpaired) electrons. The van der Waals surface area contributed by atoms with E-state index in [-0.39, 0.29) is 42.7 Å². The number of rotatable bonds is 11. The van der Waals surface area contributed by atoms with Crippen LogP contribution in [0.15, 0.2) is 0 Å². The number of carbonyl (C=O) groups is 6. The van der Waals surface area contributed by atoms with E-state index in [4.69, 9.17) is 4.74 Å². The molecule has 1 heterocycles. The first-order valence-corrected chi connectivity index (χ1v) is 13.4. The van der Waals surface area contributed by atoms with Gasteiger partial charge in [0.15, 0.2) is 0 Å². The molecule has 37 heavy (non-hydrogen) atoms. The van der Waals surface area contributed by atoms with Crippen LogP contribution in [0.25, 0.3) is 0 Å². The van der Waals surface area contributed by atoms with Crippen LogP contribution in [-0.4, -0.2) is 77.1 Å². The highest BCUT2D eigenvalue weighted by molar-refractivity contribution is 6.38. The van der Waals surface area contributed by atoms with Crippen molar-refractivity contribution in [2.75, 3.05) is 6.54 Å². The van der Waals surface area contributed by atoms with E-state index in [0.717, 1.165) is 12.8 Å². The lowest BCUT2D eigenvalue weighted by Crippen LogP contribution is -2.58. The second kappa shape index (κ2) is 12.0. The number of nitrogens with zero attached hydrogens (tertiary/aromatic N) is 1. The monoisotopic (exact) mass is 520 g/mol. The van der Waals surface area contributed by atoms with Gasteiger partial charge in [0.05, 0.1) is 12.1 Å². The maximum atomic E-state index is 13.7. The summed E-state index contributed by atoms with van der Waals surface area (Å²) in [6, 6.07) is -2.96. The lowest BCUT2D eigenvalue weighted by molar-refractivity contribution is -0.144. The van der Waals surface area contributed by atoms with Crippen LogP contribution in [-0.2, 0) is 28.7 Å². The van der Waals surface area contributed by atoms with E-state index in [9.17, 15) is 28.8 Å². The van der Waals surface area contributed by atoms with Gasteiger partial charge < -0.3 is 25.6 Å². The predicted octanol–water partition coefficient (Wildman–Crippen LogP) is 1.08. The zero-order chi connectivity index (χ0) is 27.4. The summed E-state index contributed by atoms with van der Waals surface area (Å²) in [7, 11) is 0. The van der Waals surface area contributed by atoms with E-state index in [2.05, 4.69) is 16.0 Å². The number of likely N-dealkylation sites (tertiary alicyclic amines) is 1. The smallest absolute Gasteiger partial charge is 0.408 e. The minimum Gasteiger partial charge on any atom is -0.447 e. The van der Waals surface area contributed by atoms with Crippen LogP contribution < -0.4 is 16.0 Å². The van der Waals surface area contributed by atoms with Crippen LogP contribution in [0.4, 0.5) is 4.79 Å². The number of hydrogen-bond acceptors (Lipinski definition) is 7. The first-order chi connectivity index (χ1) is 17.4. The van der Waals surface area contributed by atoms with E-state index >= 15 is 0 Å². The number of Topliss-reactive ketones (excluding diaryl/α,β-unsaturated/α-hetero) is 2. The molecule has 0 spiro atoms. The van der Waals surface area contributed by atoms with Gasteiger partial charge in [-0.05, 0) is 45.4 Å². The van der Waals surface area contributed by atoms with Crippen molar-refractivity contribution >= 4 is 35.4 Å². The van der Waals surface area contributed by atoms with Gasteiger partial charge >= 0.3 is 6.09 Å². The average Bonchev–Trinajstić information content (AvgIpc) is 3.44. The van der Waals surface area contributed by atoms with Crippen molar-refractivity contribution in [1.82, 2.24) is 20.9 Å². The molecule has 2 aliphatic carbocycles. The van der Waals surface area contributed by atoms with Crippen LogP contribution >= 0.6 is 0 Å². The summed E-state index contributed by atoms with van der Waals surface area (Å²) in [5, 5.41) is 7.98. The number of amides is 4. The molecule has 3 rings (SSSR count). The first kappa shape index (κ1) is 28.6. The number of ketones is 2. The zero-order valence-electron chi connectivity index (χ0n) is 22.4. The van der Waals surface area contributed by atoms with E-state index in [0.29, 0.717) is 19.3 Å². The van der Waals surface area contributed by atoms with Crippen LogP contribution in [0.2, 0.25) is 0 Å². The molecule has 206 valence electrons. The summed E-state index contributed by atoms with van der Waals surface area (Å²) < 4.78 is 5.14. The number of ether oxygens (including phenoxy) is 1. The van der Waals surface area contributed by atoms with E-state index in [1.165, 1.54) is 4.90 Å². The minimum atomic E-state index is -1.02. The summed E-state index contributed by atoms with van der Waals surface area (Å²) in [6.07, 6.45) is 2.15. The van der Waals surface area contributed by atoms with Crippen LogP contribution in [0.5, 0.6) is 0 Å². The molecule has 2 saturated carbocycles. The van der Waals surface area contributed by atoms with Gasteiger partial charge in [0, 0.05) is 30.8 Å². The van der Waals surface area contributed by atoms with E-state index in [1.54, 1.807) is 27.7 Å². The molecule has 3 aliphatic rings. The Hall–Kier alpha value is -2.98. The Morgan fingerprint density at radius 2 is 1.70 bits per heavy atom. The van der Waals surface area contributed by atoms with Crippen molar-refractivity contribution in [1.29, 1.82) is 0 Å². The third kappa shape index (κ3) is 6.87.